The van der Waals surface area contributed by atoms with Crippen molar-refractivity contribution >= 4 is 33.3 Å². The van der Waals surface area contributed by atoms with Crippen LogP contribution in [0.15, 0.2) is 47.4 Å². The van der Waals surface area contributed by atoms with Crippen molar-refractivity contribution in [2.75, 3.05) is 5.32 Å². The SMILES string of the molecule is NS(=O)(=O)c1ccc2c(c1)/C(=C/c1ccc(OC(F)(F)C(F)C(F)(F)F)cc1)C(=O)N2. The van der Waals surface area contributed by atoms with Crippen molar-refractivity contribution in [1.29, 1.82) is 0 Å². The lowest BCUT2D eigenvalue weighted by Crippen LogP contribution is -2.45. The molecule has 0 spiro atoms. The van der Waals surface area contributed by atoms with Crippen LogP contribution in [0.25, 0.3) is 11.6 Å². The van der Waals surface area contributed by atoms with Crippen molar-refractivity contribution in [3.63, 3.8) is 0 Å². The fraction of sp³-hybridized carbons (Fsp3) is 0.167. The summed E-state index contributed by atoms with van der Waals surface area (Å²) in [6.45, 7) is 0. The van der Waals surface area contributed by atoms with Gasteiger partial charge in [0.25, 0.3) is 12.1 Å². The molecule has 1 amide bonds. The number of hydrogen-bond acceptors (Lipinski definition) is 4. The van der Waals surface area contributed by atoms with Crippen LogP contribution in [0.3, 0.4) is 0 Å². The van der Waals surface area contributed by atoms with Gasteiger partial charge in [-0.15, -0.1) is 0 Å². The van der Waals surface area contributed by atoms with Crippen LogP contribution in [-0.2, 0) is 14.8 Å². The Balaban J connectivity index is 1.87. The predicted molar refractivity (Wildman–Crippen MR) is 97.3 cm³/mol. The van der Waals surface area contributed by atoms with Crippen molar-refractivity contribution in [3.05, 3.63) is 53.6 Å². The average molecular weight is 466 g/mol. The Hall–Kier alpha value is -3.06. The zero-order chi connectivity index (χ0) is 23.2. The number of fused-ring (bicyclic) bond motifs is 1. The number of rotatable bonds is 5. The largest absolute Gasteiger partial charge is 0.439 e. The molecule has 3 rings (SSSR count). The maximum atomic E-state index is 13.3. The van der Waals surface area contributed by atoms with Crippen LogP contribution >= 0.6 is 0 Å². The fourth-order valence-corrected chi connectivity index (χ4v) is 3.23. The minimum Gasteiger partial charge on any atom is -0.430 e. The van der Waals surface area contributed by atoms with E-state index in [1.165, 1.54) is 24.3 Å². The van der Waals surface area contributed by atoms with Crippen molar-refractivity contribution in [2.45, 2.75) is 23.4 Å². The maximum absolute atomic E-state index is 13.3. The van der Waals surface area contributed by atoms with E-state index in [2.05, 4.69) is 10.1 Å². The maximum Gasteiger partial charge on any atom is 0.439 e. The molecule has 1 heterocycles. The van der Waals surface area contributed by atoms with Crippen LogP contribution in [0.4, 0.5) is 32.0 Å². The number of alkyl halides is 6. The molecule has 1 aliphatic rings. The number of nitrogens with one attached hydrogen (secondary N) is 1. The first-order valence-corrected chi connectivity index (χ1v) is 9.81. The van der Waals surface area contributed by atoms with Crippen LogP contribution in [-0.4, -0.2) is 32.8 Å². The minimum absolute atomic E-state index is 0.0281. The highest BCUT2D eigenvalue weighted by Gasteiger charge is 2.59. The van der Waals surface area contributed by atoms with Gasteiger partial charge >= 0.3 is 12.3 Å². The van der Waals surface area contributed by atoms with Crippen LogP contribution in [0.2, 0.25) is 0 Å². The molecule has 0 saturated carbocycles. The Labute approximate surface area is 171 Å². The van der Waals surface area contributed by atoms with E-state index in [4.69, 9.17) is 5.14 Å². The Morgan fingerprint density at radius 2 is 1.65 bits per heavy atom. The van der Waals surface area contributed by atoms with Gasteiger partial charge in [-0.1, -0.05) is 12.1 Å². The van der Waals surface area contributed by atoms with Gasteiger partial charge in [-0.25, -0.2) is 17.9 Å². The van der Waals surface area contributed by atoms with E-state index in [0.717, 1.165) is 24.3 Å². The number of carbonyl (C=O) groups is 1. The number of primary sulfonamides is 1. The monoisotopic (exact) mass is 466 g/mol. The zero-order valence-electron chi connectivity index (χ0n) is 15.1. The van der Waals surface area contributed by atoms with Crippen molar-refractivity contribution in [1.82, 2.24) is 0 Å². The van der Waals surface area contributed by atoms with Crippen LogP contribution in [0, 0.1) is 0 Å². The Morgan fingerprint density at radius 3 is 2.19 bits per heavy atom. The molecule has 2 aromatic carbocycles. The van der Waals surface area contributed by atoms with Gasteiger partial charge in [0.15, 0.2) is 0 Å². The molecule has 1 unspecified atom stereocenters. The summed E-state index contributed by atoms with van der Waals surface area (Å²) < 4.78 is 103. The Kier molecular flexibility index (Phi) is 5.52. The zero-order valence-corrected chi connectivity index (χ0v) is 15.9. The number of sulfonamides is 1. The summed E-state index contributed by atoms with van der Waals surface area (Å²) in [5.41, 5.74) is 0.793. The molecule has 0 fully saturated rings. The summed E-state index contributed by atoms with van der Waals surface area (Å²) in [5, 5.41) is 7.57. The van der Waals surface area contributed by atoms with E-state index in [1.807, 2.05) is 0 Å². The molecule has 1 atom stereocenters. The third-order valence-corrected chi connectivity index (χ3v) is 5.04. The second kappa shape index (κ2) is 7.57. The van der Waals surface area contributed by atoms with Gasteiger partial charge in [0.1, 0.15) is 5.75 Å². The lowest BCUT2D eigenvalue weighted by molar-refractivity contribution is -0.304. The number of ether oxygens (including phenoxy) is 1. The lowest BCUT2D eigenvalue weighted by atomic mass is 10.0. The molecule has 6 nitrogen and oxygen atoms in total. The first kappa shape index (κ1) is 22.6. The van der Waals surface area contributed by atoms with Gasteiger partial charge in [-0.2, -0.15) is 22.0 Å². The number of carbonyl (C=O) groups excluding carboxylic acids is 1. The summed E-state index contributed by atoms with van der Waals surface area (Å²) in [4.78, 5) is 11.9. The molecular weight excluding hydrogens is 454 g/mol. The van der Waals surface area contributed by atoms with Gasteiger partial charge in [-0.3, -0.25) is 4.79 Å². The third-order valence-electron chi connectivity index (χ3n) is 4.13. The van der Waals surface area contributed by atoms with Crippen molar-refractivity contribution in [2.24, 2.45) is 5.14 Å². The van der Waals surface area contributed by atoms with E-state index in [9.17, 15) is 39.6 Å². The summed E-state index contributed by atoms with van der Waals surface area (Å²) in [5.74, 6) is -1.33. The molecule has 0 aromatic heterocycles. The number of nitrogens with two attached hydrogens (primary N) is 1. The highest BCUT2D eigenvalue weighted by molar-refractivity contribution is 7.89. The second-order valence-electron chi connectivity index (χ2n) is 6.40. The highest BCUT2D eigenvalue weighted by atomic mass is 32.2. The molecule has 1 aliphatic heterocycles. The Bertz CT molecular complexity index is 1160. The molecule has 31 heavy (non-hydrogen) atoms. The standard InChI is InChI=1S/C18H12F6N2O4S/c19-16(17(20,21)22)18(23,24)30-10-3-1-9(2-4-10)7-13-12-8-11(31(25,28)29)5-6-14(12)26-15(13)27/h1-8,16H,(H,26,27)(H2,25,28,29)/b13-7-. The van der Waals surface area contributed by atoms with Crippen molar-refractivity contribution < 1.29 is 44.3 Å². The van der Waals surface area contributed by atoms with Gasteiger partial charge < -0.3 is 10.1 Å². The van der Waals surface area contributed by atoms with Crippen LogP contribution < -0.4 is 15.2 Å². The quantitative estimate of drug-likeness (QED) is 0.519. The predicted octanol–water partition coefficient (Wildman–Crippen LogP) is 3.70. The summed E-state index contributed by atoms with van der Waals surface area (Å²) >= 11 is 0. The molecule has 0 saturated heterocycles. The normalized spacial score (nSPS) is 16.7. The number of halogens is 6. The summed E-state index contributed by atoms with van der Waals surface area (Å²) in [6.07, 6.45) is -14.2. The number of benzene rings is 2. The van der Waals surface area contributed by atoms with E-state index in [0.29, 0.717) is 5.69 Å². The minimum atomic E-state index is -5.81. The molecular formula is C18H12F6N2O4S. The summed E-state index contributed by atoms with van der Waals surface area (Å²) in [6, 6.07) is 7.69. The van der Waals surface area contributed by atoms with E-state index in [1.54, 1.807) is 0 Å². The molecule has 166 valence electrons. The smallest absolute Gasteiger partial charge is 0.430 e. The lowest BCUT2D eigenvalue weighted by Gasteiger charge is -2.23. The first-order valence-electron chi connectivity index (χ1n) is 8.26. The van der Waals surface area contributed by atoms with E-state index < -0.39 is 40.1 Å². The van der Waals surface area contributed by atoms with Gasteiger partial charge in [-0.05, 0) is 42.0 Å². The fourth-order valence-electron chi connectivity index (χ4n) is 2.69. The molecule has 0 bridgehead atoms. The van der Waals surface area contributed by atoms with E-state index in [-0.39, 0.29) is 21.6 Å². The molecule has 13 heteroatoms. The van der Waals surface area contributed by atoms with Gasteiger partial charge in [0, 0.05) is 16.8 Å². The van der Waals surface area contributed by atoms with Crippen molar-refractivity contribution in [3.8, 4) is 5.75 Å². The second-order valence-corrected chi connectivity index (χ2v) is 7.96. The number of amides is 1. The van der Waals surface area contributed by atoms with Crippen LogP contribution in [0.5, 0.6) is 5.75 Å². The average Bonchev–Trinajstić information content (AvgIpc) is 2.95. The number of hydrogen-bond donors (Lipinski definition) is 2. The van der Waals surface area contributed by atoms with Gasteiger partial charge in [0.2, 0.25) is 10.0 Å². The molecule has 2 aromatic rings. The molecule has 0 radical (unpaired) electrons. The van der Waals surface area contributed by atoms with Crippen LogP contribution in [0.1, 0.15) is 11.1 Å². The molecule has 0 aliphatic carbocycles. The summed E-state index contributed by atoms with van der Waals surface area (Å²) in [7, 11) is -4.04. The van der Waals surface area contributed by atoms with Gasteiger partial charge in [0.05, 0.1) is 4.90 Å². The Morgan fingerprint density at radius 1 is 1.03 bits per heavy atom. The topological polar surface area (TPSA) is 98.5 Å². The highest BCUT2D eigenvalue weighted by Crippen LogP contribution is 2.37. The number of anilines is 1. The molecule has 3 N–H and O–H groups in total. The van der Waals surface area contributed by atoms with E-state index >= 15 is 0 Å². The third kappa shape index (κ3) is 4.82. The first-order chi connectivity index (χ1) is 14.2.